The summed E-state index contributed by atoms with van der Waals surface area (Å²) in [6, 6.07) is 1.30. The molecule has 0 aromatic heterocycles. The molecule has 3 nitrogen and oxygen atoms in total. The largest absolute Gasteiger partial charge is 0.329 e. The molecule has 0 aromatic carbocycles. The van der Waals surface area contributed by atoms with Gasteiger partial charge < -0.3 is 10.6 Å². The standard InChI is InChI=1S/C15H31N3/c1-12-5-4-6-14(9-12)15(10-16)18-8-7-17(3)13(2)11-18/h12-15H,4-11,16H2,1-3H3. The summed E-state index contributed by atoms with van der Waals surface area (Å²) < 4.78 is 0. The molecule has 106 valence electrons. The average molecular weight is 253 g/mol. The smallest absolute Gasteiger partial charge is 0.0247 e. The Bertz CT molecular complexity index is 256. The zero-order valence-electron chi connectivity index (χ0n) is 12.4. The molecule has 4 unspecified atom stereocenters. The third-order valence-electron chi connectivity index (χ3n) is 5.22. The minimum Gasteiger partial charge on any atom is -0.329 e. The van der Waals surface area contributed by atoms with Crippen LogP contribution < -0.4 is 5.73 Å². The Hall–Kier alpha value is -0.120. The Morgan fingerprint density at radius 3 is 2.61 bits per heavy atom. The highest BCUT2D eigenvalue weighted by Gasteiger charge is 2.32. The van der Waals surface area contributed by atoms with E-state index < -0.39 is 0 Å². The van der Waals surface area contributed by atoms with Crippen molar-refractivity contribution in [1.29, 1.82) is 0 Å². The summed E-state index contributed by atoms with van der Waals surface area (Å²) in [5.74, 6) is 1.75. The maximum absolute atomic E-state index is 6.10. The summed E-state index contributed by atoms with van der Waals surface area (Å²) in [6.45, 7) is 9.18. The van der Waals surface area contributed by atoms with Gasteiger partial charge in [-0.2, -0.15) is 0 Å². The van der Waals surface area contributed by atoms with E-state index in [9.17, 15) is 0 Å². The van der Waals surface area contributed by atoms with Crippen LogP contribution in [0.5, 0.6) is 0 Å². The van der Waals surface area contributed by atoms with Gasteiger partial charge in [-0.15, -0.1) is 0 Å². The van der Waals surface area contributed by atoms with Gasteiger partial charge in [-0.3, -0.25) is 4.90 Å². The first-order valence-corrected chi connectivity index (χ1v) is 7.76. The van der Waals surface area contributed by atoms with Gasteiger partial charge in [-0.25, -0.2) is 0 Å². The highest BCUT2D eigenvalue weighted by Crippen LogP contribution is 2.33. The Labute approximate surface area is 113 Å². The maximum Gasteiger partial charge on any atom is 0.0247 e. The zero-order chi connectivity index (χ0) is 13.1. The summed E-state index contributed by atoms with van der Waals surface area (Å²) in [4.78, 5) is 5.14. The van der Waals surface area contributed by atoms with Crippen LogP contribution in [0.3, 0.4) is 0 Å². The van der Waals surface area contributed by atoms with E-state index in [1.54, 1.807) is 0 Å². The summed E-state index contributed by atoms with van der Waals surface area (Å²) in [7, 11) is 2.24. The molecule has 0 radical (unpaired) electrons. The third-order valence-corrected chi connectivity index (χ3v) is 5.22. The number of nitrogens with two attached hydrogens (primary N) is 1. The fourth-order valence-electron chi connectivity index (χ4n) is 3.85. The highest BCUT2D eigenvalue weighted by atomic mass is 15.3. The first-order chi connectivity index (χ1) is 8.61. The zero-order valence-corrected chi connectivity index (χ0v) is 12.4. The average Bonchev–Trinajstić information content (AvgIpc) is 2.35. The summed E-state index contributed by atoms with van der Waals surface area (Å²) in [6.07, 6.45) is 5.62. The fourth-order valence-corrected chi connectivity index (χ4v) is 3.85. The van der Waals surface area contributed by atoms with E-state index in [1.165, 1.54) is 45.3 Å². The SMILES string of the molecule is CC1CCCC(C(CN)N2CCN(C)C(C)C2)C1. The molecule has 0 spiro atoms. The molecule has 18 heavy (non-hydrogen) atoms. The molecule has 1 heterocycles. The Kier molecular flexibility index (Phi) is 5.05. The molecule has 2 N–H and O–H groups in total. The number of rotatable bonds is 3. The second-order valence-electron chi connectivity index (χ2n) is 6.66. The molecular formula is C15H31N3. The van der Waals surface area contributed by atoms with Gasteiger partial charge in [-0.05, 0) is 38.6 Å². The topological polar surface area (TPSA) is 32.5 Å². The lowest BCUT2D eigenvalue weighted by molar-refractivity contribution is 0.0382. The van der Waals surface area contributed by atoms with Crippen molar-refractivity contribution in [2.75, 3.05) is 33.2 Å². The molecule has 1 aliphatic carbocycles. The van der Waals surface area contributed by atoms with Crippen molar-refractivity contribution in [3.8, 4) is 0 Å². The minimum atomic E-state index is 0.629. The second kappa shape index (κ2) is 6.36. The van der Waals surface area contributed by atoms with Crippen molar-refractivity contribution in [2.24, 2.45) is 17.6 Å². The normalized spacial score (nSPS) is 37.7. The predicted octanol–water partition coefficient (Wildman–Crippen LogP) is 1.78. The van der Waals surface area contributed by atoms with Crippen LogP contribution in [0.15, 0.2) is 0 Å². The van der Waals surface area contributed by atoms with E-state index in [4.69, 9.17) is 5.73 Å². The molecule has 1 saturated heterocycles. The van der Waals surface area contributed by atoms with Gasteiger partial charge in [0.05, 0.1) is 0 Å². The van der Waals surface area contributed by atoms with Crippen molar-refractivity contribution in [2.45, 2.75) is 51.6 Å². The van der Waals surface area contributed by atoms with Gasteiger partial charge in [0.25, 0.3) is 0 Å². The van der Waals surface area contributed by atoms with Crippen molar-refractivity contribution in [3.63, 3.8) is 0 Å². The van der Waals surface area contributed by atoms with Crippen molar-refractivity contribution < 1.29 is 0 Å². The van der Waals surface area contributed by atoms with Gasteiger partial charge in [-0.1, -0.05) is 19.8 Å². The molecule has 2 rings (SSSR count). The Morgan fingerprint density at radius 1 is 1.22 bits per heavy atom. The number of nitrogens with zero attached hydrogens (tertiary/aromatic N) is 2. The molecule has 1 aliphatic heterocycles. The molecule has 2 fully saturated rings. The Balaban J connectivity index is 1.95. The van der Waals surface area contributed by atoms with Crippen LogP contribution in [0.25, 0.3) is 0 Å². The van der Waals surface area contributed by atoms with E-state index in [-0.39, 0.29) is 0 Å². The molecule has 1 saturated carbocycles. The van der Waals surface area contributed by atoms with Crippen LogP contribution in [0.4, 0.5) is 0 Å². The molecule has 0 bridgehead atoms. The van der Waals surface area contributed by atoms with Gasteiger partial charge in [0, 0.05) is 38.3 Å². The summed E-state index contributed by atoms with van der Waals surface area (Å²) >= 11 is 0. The molecule has 0 amide bonds. The van der Waals surface area contributed by atoms with Crippen LogP contribution in [0, 0.1) is 11.8 Å². The number of hydrogen-bond acceptors (Lipinski definition) is 3. The predicted molar refractivity (Wildman–Crippen MR) is 77.6 cm³/mol. The first-order valence-electron chi connectivity index (χ1n) is 7.76. The molecule has 3 heteroatoms. The molecule has 4 atom stereocenters. The fraction of sp³-hybridized carbons (Fsp3) is 1.00. The van der Waals surface area contributed by atoms with Crippen molar-refractivity contribution in [3.05, 3.63) is 0 Å². The van der Waals surface area contributed by atoms with Gasteiger partial charge in [0.15, 0.2) is 0 Å². The number of piperazine rings is 1. The quantitative estimate of drug-likeness (QED) is 0.832. The van der Waals surface area contributed by atoms with Crippen molar-refractivity contribution >= 4 is 0 Å². The second-order valence-corrected chi connectivity index (χ2v) is 6.66. The molecule has 2 aliphatic rings. The number of likely N-dealkylation sites (N-methyl/N-ethyl adjacent to an activating group) is 1. The van der Waals surface area contributed by atoms with Gasteiger partial charge in [0.2, 0.25) is 0 Å². The monoisotopic (exact) mass is 253 g/mol. The maximum atomic E-state index is 6.10. The lowest BCUT2D eigenvalue weighted by Gasteiger charge is -2.45. The van der Waals surface area contributed by atoms with Crippen LogP contribution in [0.1, 0.15) is 39.5 Å². The molecular weight excluding hydrogens is 222 g/mol. The number of hydrogen-bond donors (Lipinski definition) is 1. The van der Waals surface area contributed by atoms with E-state index >= 15 is 0 Å². The van der Waals surface area contributed by atoms with Crippen LogP contribution >= 0.6 is 0 Å². The summed E-state index contributed by atoms with van der Waals surface area (Å²) in [5, 5.41) is 0. The highest BCUT2D eigenvalue weighted by molar-refractivity contribution is 4.88. The first kappa shape index (κ1) is 14.3. The minimum absolute atomic E-state index is 0.629. The van der Waals surface area contributed by atoms with Gasteiger partial charge in [0.1, 0.15) is 0 Å². The lowest BCUT2D eigenvalue weighted by Crippen LogP contribution is -2.57. The van der Waals surface area contributed by atoms with Crippen LogP contribution in [-0.4, -0.2) is 55.1 Å². The molecule has 0 aromatic rings. The van der Waals surface area contributed by atoms with E-state index in [1.807, 2.05) is 0 Å². The third kappa shape index (κ3) is 3.25. The van der Waals surface area contributed by atoms with Crippen LogP contribution in [0.2, 0.25) is 0 Å². The van der Waals surface area contributed by atoms with Crippen molar-refractivity contribution in [1.82, 2.24) is 9.80 Å². The van der Waals surface area contributed by atoms with E-state index in [0.29, 0.717) is 12.1 Å². The Morgan fingerprint density at radius 2 is 2.00 bits per heavy atom. The van der Waals surface area contributed by atoms with E-state index in [2.05, 4.69) is 30.7 Å². The summed E-state index contributed by atoms with van der Waals surface area (Å²) in [5.41, 5.74) is 6.10. The van der Waals surface area contributed by atoms with E-state index in [0.717, 1.165) is 18.4 Å². The van der Waals surface area contributed by atoms with Crippen LogP contribution in [-0.2, 0) is 0 Å². The lowest BCUT2D eigenvalue weighted by atomic mass is 9.78. The van der Waals surface area contributed by atoms with Gasteiger partial charge >= 0.3 is 0 Å².